The summed E-state index contributed by atoms with van der Waals surface area (Å²) in [6.07, 6.45) is 0.505. The van der Waals surface area contributed by atoms with E-state index in [0.29, 0.717) is 17.5 Å². The lowest BCUT2D eigenvalue weighted by atomic mass is 10.1. The Morgan fingerprint density at radius 2 is 1.88 bits per heavy atom. The quantitative estimate of drug-likeness (QED) is 0.742. The summed E-state index contributed by atoms with van der Waals surface area (Å²) in [5.74, 6) is -0.774. The number of rotatable bonds is 2. The van der Waals surface area contributed by atoms with Gasteiger partial charge in [-0.25, -0.2) is 4.68 Å². The molecule has 2 saturated heterocycles. The minimum atomic E-state index is -0.740. The molecule has 0 saturated carbocycles. The molecule has 8 nitrogen and oxygen atoms in total. The molecule has 1 atom stereocenters. The van der Waals surface area contributed by atoms with Crippen molar-refractivity contribution in [2.45, 2.75) is 25.8 Å². The van der Waals surface area contributed by atoms with E-state index in [2.05, 4.69) is 20.6 Å². The number of anilines is 1. The Morgan fingerprint density at radius 3 is 2.62 bits per heavy atom. The number of amides is 2. The van der Waals surface area contributed by atoms with E-state index < -0.39 is 11.9 Å². The Hall–Kier alpha value is -2.74. The lowest BCUT2D eigenvalue weighted by Crippen LogP contribution is -2.45. The molecule has 1 unspecified atom stereocenters. The summed E-state index contributed by atoms with van der Waals surface area (Å²) in [6, 6.07) is 5.02. The highest BCUT2D eigenvalue weighted by atomic mass is 16.2. The van der Waals surface area contributed by atoms with Gasteiger partial charge in [0, 0.05) is 43.7 Å². The van der Waals surface area contributed by atoms with E-state index in [4.69, 9.17) is 0 Å². The van der Waals surface area contributed by atoms with Crippen LogP contribution in [0.2, 0.25) is 0 Å². The van der Waals surface area contributed by atoms with Gasteiger partial charge in [-0.1, -0.05) is 0 Å². The van der Waals surface area contributed by atoms with Gasteiger partial charge in [0.05, 0.1) is 11.1 Å². The van der Waals surface area contributed by atoms with Crippen molar-refractivity contribution in [2.75, 3.05) is 31.1 Å². The van der Waals surface area contributed by atoms with Gasteiger partial charge in [-0.05, 0) is 31.5 Å². The largest absolute Gasteiger partial charge is 0.369 e. The third kappa shape index (κ3) is 2.86. The van der Waals surface area contributed by atoms with Gasteiger partial charge in [-0.15, -0.1) is 0 Å². The second kappa shape index (κ2) is 6.53. The maximum atomic E-state index is 12.9. The Balaban J connectivity index is 1.76. The summed E-state index contributed by atoms with van der Waals surface area (Å²) >= 11 is 0. The van der Waals surface area contributed by atoms with Crippen molar-refractivity contribution < 1.29 is 9.59 Å². The zero-order valence-corrected chi connectivity index (χ0v) is 14.6. The number of hydrogen-bond donors (Lipinski definition) is 2. The molecule has 0 bridgehead atoms. The lowest BCUT2D eigenvalue weighted by Gasteiger charge is -2.29. The Kier molecular flexibility index (Phi) is 4.20. The maximum Gasteiger partial charge on any atom is 0.275 e. The van der Waals surface area contributed by atoms with E-state index in [1.54, 1.807) is 0 Å². The molecule has 0 spiro atoms. The molecule has 2 N–H and O–H groups in total. The normalized spacial score (nSPS) is 21.1. The molecule has 0 radical (unpaired) electrons. The molecule has 2 aromatic rings. The summed E-state index contributed by atoms with van der Waals surface area (Å²) in [5, 5.41) is 11.3. The molecule has 3 heterocycles. The van der Waals surface area contributed by atoms with Gasteiger partial charge >= 0.3 is 0 Å². The van der Waals surface area contributed by atoms with Crippen LogP contribution in [0.5, 0.6) is 0 Å². The summed E-state index contributed by atoms with van der Waals surface area (Å²) < 4.78 is 1.23. The summed E-state index contributed by atoms with van der Waals surface area (Å²) in [6.45, 7) is 5.56. The molecule has 8 heteroatoms. The topological polar surface area (TPSA) is 96.3 Å². The van der Waals surface area contributed by atoms with Crippen LogP contribution in [0.1, 0.15) is 24.6 Å². The molecule has 1 aromatic carbocycles. The summed E-state index contributed by atoms with van der Waals surface area (Å²) in [5.41, 5.74) is 1.47. The van der Waals surface area contributed by atoms with Crippen LogP contribution in [-0.2, 0) is 9.59 Å². The maximum absolute atomic E-state index is 12.9. The molecule has 2 aliphatic rings. The predicted molar refractivity (Wildman–Crippen MR) is 97.2 cm³/mol. The van der Waals surface area contributed by atoms with Crippen LogP contribution in [-0.4, -0.2) is 47.8 Å². The molecular weight excluding hydrogens is 334 g/mol. The Morgan fingerprint density at radius 1 is 1.12 bits per heavy atom. The van der Waals surface area contributed by atoms with Crippen molar-refractivity contribution >= 4 is 28.3 Å². The van der Waals surface area contributed by atoms with Crippen LogP contribution in [0.15, 0.2) is 23.0 Å². The number of benzene rings is 1. The Bertz CT molecular complexity index is 946. The van der Waals surface area contributed by atoms with Crippen LogP contribution >= 0.6 is 0 Å². The number of hydrogen-bond acceptors (Lipinski definition) is 6. The number of fused-ring (bicyclic) bond motifs is 1. The van der Waals surface area contributed by atoms with E-state index in [9.17, 15) is 14.4 Å². The Labute approximate surface area is 150 Å². The monoisotopic (exact) mass is 355 g/mol. The summed E-state index contributed by atoms with van der Waals surface area (Å²) in [7, 11) is 0. The average molecular weight is 355 g/mol. The highest BCUT2D eigenvalue weighted by Crippen LogP contribution is 2.24. The predicted octanol–water partition coefficient (Wildman–Crippen LogP) is 0.0922. The third-order valence-corrected chi connectivity index (χ3v) is 5.08. The molecule has 136 valence electrons. The molecule has 2 amide bonds. The average Bonchev–Trinajstić information content (AvgIpc) is 2.65. The number of carbonyl (C=O) groups is 2. The van der Waals surface area contributed by atoms with Crippen LogP contribution in [0.25, 0.3) is 10.8 Å². The van der Waals surface area contributed by atoms with E-state index in [1.807, 2.05) is 25.1 Å². The highest BCUT2D eigenvalue weighted by Gasteiger charge is 2.30. The van der Waals surface area contributed by atoms with Crippen LogP contribution in [0.3, 0.4) is 0 Å². The number of piperazine rings is 1. The zero-order chi connectivity index (χ0) is 18.3. The number of aryl methyl sites for hydroxylation is 1. The minimum Gasteiger partial charge on any atom is -0.369 e. The van der Waals surface area contributed by atoms with Crippen molar-refractivity contribution in [3.05, 3.63) is 34.2 Å². The van der Waals surface area contributed by atoms with Gasteiger partial charge in [0.2, 0.25) is 5.91 Å². The van der Waals surface area contributed by atoms with Gasteiger partial charge < -0.3 is 10.2 Å². The smallest absolute Gasteiger partial charge is 0.275 e. The SMILES string of the molecule is Cc1nn(C2CCC(=O)NC2=O)c(=O)c2ccc(N3CCNCC3)cc12. The first-order valence-corrected chi connectivity index (χ1v) is 8.87. The number of aromatic nitrogens is 2. The fourth-order valence-corrected chi connectivity index (χ4v) is 3.65. The lowest BCUT2D eigenvalue weighted by molar-refractivity contribution is -0.136. The minimum absolute atomic E-state index is 0.212. The zero-order valence-electron chi connectivity index (χ0n) is 14.6. The van der Waals surface area contributed by atoms with Crippen molar-refractivity contribution in [1.82, 2.24) is 20.4 Å². The van der Waals surface area contributed by atoms with Crippen LogP contribution < -0.4 is 21.1 Å². The first-order valence-electron chi connectivity index (χ1n) is 8.87. The number of nitrogens with one attached hydrogen (secondary N) is 2. The van der Waals surface area contributed by atoms with E-state index in [0.717, 1.165) is 37.3 Å². The third-order valence-electron chi connectivity index (χ3n) is 5.08. The molecule has 2 aliphatic heterocycles. The summed E-state index contributed by atoms with van der Waals surface area (Å²) in [4.78, 5) is 38.7. The fourth-order valence-electron chi connectivity index (χ4n) is 3.65. The second-order valence-corrected chi connectivity index (χ2v) is 6.77. The number of imide groups is 1. The molecule has 0 aliphatic carbocycles. The van der Waals surface area contributed by atoms with Gasteiger partial charge in [0.1, 0.15) is 6.04 Å². The van der Waals surface area contributed by atoms with Crippen molar-refractivity contribution in [3.8, 4) is 0 Å². The van der Waals surface area contributed by atoms with Crippen LogP contribution in [0.4, 0.5) is 5.69 Å². The van der Waals surface area contributed by atoms with Gasteiger partial charge in [0.25, 0.3) is 11.5 Å². The first kappa shape index (κ1) is 16.7. The van der Waals surface area contributed by atoms with Crippen molar-refractivity contribution in [3.63, 3.8) is 0 Å². The molecule has 1 aromatic heterocycles. The number of nitrogens with zero attached hydrogens (tertiary/aromatic N) is 3. The van der Waals surface area contributed by atoms with Gasteiger partial charge in [-0.3, -0.25) is 19.7 Å². The van der Waals surface area contributed by atoms with Crippen molar-refractivity contribution in [1.29, 1.82) is 0 Å². The van der Waals surface area contributed by atoms with E-state index in [-0.39, 0.29) is 17.9 Å². The molecule has 4 rings (SSSR count). The molecular formula is C18H21N5O3. The van der Waals surface area contributed by atoms with E-state index >= 15 is 0 Å². The van der Waals surface area contributed by atoms with Gasteiger partial charge in [0.15, 0.2) is 0 Å². The van der Waals surface area contributed by atoms with E-state index in [1.165, 1.54) is 4.68 Å². The van der Waals surface area contributed by atoms with Crippen molar-refractivity contribution in [2.24, 2.45) is 0 Å². The number of piperidine rings is 1. The molecule has 2 fully saturated rings. The standard InChI is InChI=1S/C18H21N5O3/c1-11-14-10-12(22-8-6-19-7-9-22)2-3-13(14)18(26)23(21-11)15-4-5-16(24)20-17(15)25/h2-3,10,15,19H,4-9H2,1H3,(H,20,24,25). The highest BCUT2D eigenvalue weighted by molar-refractivity contribution is 5.99. The number of carbonyl (C=O) groups excluding carboxylic acids is 2. The van der Waals surface area contributed by atoms with Crippen LogP contribution in [0, 0.1) is 6.92 Å². The second-order valence-electron chi connectivity index (χ2n) is 6.77. The first-order chi connectivity index (χ1) is 12.5. The van der Waals surface area contributed by atoms with Gasteiger partial charge in [-0.2, -0.15) is 5.10 Å². The fraction of sp³-hybridized carbons (Fsp3) is 0.444. The molecule has 26 heavy (non-hydrogen) atoms.